The lowest BCUT2D eigenvalue weighted by Gasteiger charge is -2.38. The molecule has 4 aromatic rings. The molecule has 0 atom stereocenters. The molecule has 1 aliphatic rings. The molecule has 0 saturated carbocycles. The Kier molecular flexibility index (Phi) is 5.65. The number of hydrogen-bond acceptors (Lipinski definition) is 7. The summed E-state index contributed by atoms with van der Waals surface area (Å²) in [6.07, 6.45) is 0. The van der Waals surface area contributed by atoms with E-state index in [2.05, 4.69) is 19.6 Å². The molecule has 2 heterocycles. The van der Waals surface area contributed by atoms with Gasteiger partial charge in [0.1, 0.15) is 0 Å². The van der Waals surface area contributed by atoms with E-state index in [1.165, 1.54) is 24.3 Å². The number of hydrogen-bond donors (Lipinski definition) is 3. The molecule has 0 bridgehead atoms. The maximum absolute atomic E-state index is 13.2. The van der Waals surface area contributed by atoms with E-state index in [0.717, 1.165) is 11.8 Å². The number of para-hydroxylation sites is 2. The van der Waals surface area contributed by atoms with Gasteiger partial charge >= 0.3 is 5.69 Å². The van der Waals surface area contributed by atoms with Crippen LogP contribution in [0.15, 0.2) is 76.4 Å². The highest BCUT2D eigenvalue weighted by atomic mass is 32.2. The Morgan fingerprint density at radius 1 is 0.857 bits per heavy atom. The number of sulfonamides is 1. The van der Waals surface area contributed by atoms with Crippen LogP contribution in [0, 0.1) is 10.1 Å². The van der Waals surface area contributed by atoms with Crippen molar-refractivity contribution in [2.24, 2.45) is 0 Å². The van der Waals surface area contributed by atoms with Gasteiger partial charge in [-0.05, 0) is 30.3 Å². The van der Waals surface area contributed by atoms with Crippen LogP contribution in [0.3, 0.4) is 0 Å². The van der Waals surface area contributed by atoms with Crippen molar-refractivity contribution in [3.05, 3.63) is 87.3 Å². The molecule has 0 radical (unpaired) electrons. The number of nitrogens with zero attached hydrogens (tertiary/aromatic N) is 3. The van der Waals surface area contributed by atoms with E-state index in [0.29, 0.717) is 42.9 Å². The number of imidazole rings is 1. The number of fused-ring (bicyclic) bond motifs is 1. The van der Waals surface area contributed by atoms with Crippen LogP contribution in [0.4, 0.5) is 22.7 Å². The van der Waals surface area contributed by atoms with Crippen molar-refractivity contribution < 1.29 is 13.3 Å². The molecule has 35 heavy (non-hydrogen) atoms. The Morgan fingerprint density at radius 2 is 1.46 bits per heavy atom. The molecular formula is C23H22N6O5S. The lowest BCUT2D eigenvalue weighted by Crippen LogP contribution is -2.46. The molecule has 1 aliphatic heterocycles. The Hall–Kier alpha value is -4.32. The molecule has 1 fully saturated rings. The standard InChI is InChI=1S/C23H22N6O5S/c30-23-24-17-14-19(26-35(33,34)22-9-5-4-8-20(22)29(31)32)21(15-18(17)25-23)28-12-10-27(11-13-28)16-6-2-1-3-7-16/h1-9,14-15,26H,10-13H2,(H2,24,25,30). The summed E-state index contributed by atoms with van der Waals surface area (Å²) in [7, 11) is -4.30. The van der Waals surface area contributed by atoms with E-state index >= 15 is 0 Å². The number of aromatic amines is 2. The van der Waals surface area contributed by atoms with Crippen LogP contribution in [-0.2, 0) is 10.0 Å². The minimum atomic E-state index is -4.30. The summed E-state index contributed by atoms with van der Waals surface area (Å²) in [5, 5.41) is 11.4. The number of aromatic nitrogens is 2. The maximum atomic E-state index is 13.2. The summed E-state index contributed by atoms with van der Waals surface area (Å²) in [4.78, 5) is 31.7. The van der Waals surface area contributed by atoms with Gasteiger partial charge in [0.25, 0.3) is 15.7 Å². The predicted octanol–water partition coefficient (Wildman–Crippen LogP) is 2.89. The third-order valence-corrected chi connectivity index (χ3v) is 7.38. The zero-order chi connectivity index (χ0) is 24.6. The second-order valence-corrected chi connectivity index (χ2v) is 9.78. The van der Waals surface area contributed by atoms with E-state index in [-0.39, 0.29) is 5.69 Å². The molecule has 1 aromatic heterocycles. The van der Waals surface area contributed by atoms with Crippen LogP contribution in [0.5, 0.6) is 0 Å². The van der Waals surface area contributed by atoms with Gasteiger partial charge in [-0.15, -0.1) is 0 Å². The number of H-pyrrole nitrogens is 2. The molecule has 0 amide bonds. The molecule has 180 valence electrons. The third kappa shape index (κ3) is 4.43. The zero-order valence-corrected chi connectivity index (χ0v) is 19.3. The average Bonchev–Trinajstić information content (AvgIpc) is 3.23. The summed E-state index contributed by atoms with van der Waals surface area (Å²) in [5.74, 6) is 0. The predicted molar refractivity (Wildman–Crippen MR) is 134 cm³/mol. The van der Waals surface area contributed by atoms with E-state index < -0.39 is 31.2 Å². The summed E-state index contributed by atoms with van der Waals surface area (Å²) in [6, 6.07) is 18.4. The first-order valence-electron chi connectivity index (χ1n) is 10.9. The minimum Gasteiger partial charge on any atom is -0.368 e. The van der Waals surface area contributed by atoms with Crippen LogP contribution >= 0.6 is 0 Å². The van der Waals surface area contributed by atoms with E-state index in [9.17, 15) is 23.3 Å². The van der Waals surface area contributed by atoms with Crippen LogP contribution in [0.2, 0.25) is 0 Å². The number of rotatable bonds is 6. The molecule has 12 heteroatoms. The molecule has 1 saturated heterocycles. The number of nitro groups is 1. The van der Waals surface area contributed by atoms with Crippen molar-refractivity contribution in [1.29, 1.82) is 0 Å². The summed E-state index contributed by atoms with van der Waals surface area (Å²) >= 11 is 0. The highest BCUT2D eigenvalue weighted by Crippen LogP contribution is 2.34. The van der Waals surface area contributed by atoms with Gasteiger partial charge in [-0.1, -0.05) is 30.3 Å². The Bertz CT molecular complexity index is 1560. The fourth-order valence-corrected chi connectivity index (χ4v) is 5.53. The second kappa shape index (κ2) is 8.80. The average molecular weight is 495 g/mol. The van der Waals surface area contributed by atoms with E-state index in [4.69, 9.17) is 0 Å². The van der Waals surface area contributed by atoms with Gasteiger partial charge in [-0.25, -0.2) is 13.2 Å². The first-order valence-corrected chi connectivity index (χ1v) is 12.4. The first kappa shape index (κ1) is 22.5. The van der Waals surface area contributed by atoms with Crippen molar-refractivity contribution in [3.63, 3.8) is 0 Å². The molecule has 11 nitrogen and oxygen atoms in total. The number of anilines is 3. The van der Waals surface area contributed by atoms with E-state index in [1.54, 1.807) is 6.07 Å². The Balaban J connectivity index is 1.50. The lowest BCUT2D eigenvalue weighted by molar-refractivity contribution is -0.387. The van der Waals surface area contributed by atoms with Gasteiger partial charge in [0.2, 0.25) is 0 Å². The van der Waals surface area contributed by atoms with E-state index in [1.807, 2.05) is 35.2 Å². The fourth-order valence-electron chi connectivity index (χ4n) is 4.29. The van der Waals surface area contributed by atoms with Crippen LogP contribution in [-0.4, -0.2) is 49.5 Å². The normalized spacial score (nSPS) is 14.3. The van der Waals surface area contributed by atoms with Gasteiger partial charge in [0, 0.05) is 37.9 Å². The smallest absolute Gasteiger partial charge is 0.323 e. The summed E-state index contributed by atoms with van der Waals surface area (Å²) in [5.41, 5.74) is 1.91. The summed E-state index contributed by atoms with van der Waals surface area (Å²) < 4.78 is 29.0. The van der Waals surface area contributed by atoms with Crippen LogP contribution < -0.4 is 20.2 Å². The minimum absolute atomic E-state index is 0.221. The maximum Gasteiger partial charge on any atom is 0.323 e. The highest BCUT2D eigenvalue weighted by Gasteiger charge is 2.28. The topological polar surface area (TPSA) is 144 Å². The monoisotopic (exact) mass is 494 g/mol. The van der Waals surface area contributed by atoms with Crippen molar-refractivity contribution >= 4 is 43.8 Å². The lowest BCUT2D eigenvalue weighted by atomic mass is 10.2. The van der Waals surface area contributed by atoms with Crippen molar-refractivity contribution in [1.82, 2.24) is 9.97 Å². The largest absolute Gasteiger partial charge is 0.368 e. The van der Waals surface area contributed by atoms with Crippen molar-refractivity contribution in [3.8, 4) is 0 Å². The number of piperazine rings is 1. The van der Waals surface area contributed by atoms with Gasteiger partial charge in [-0.2, -0.15) is 0 Å². The highest BCUT2D eigenvalue weighted by molar-refractivity contribution is 7.92. The van der Waals surface area contributed by atoms with Gasteiger partial charge in [-0.3, -0.25) is 14.8 Å². The third-order valence-electron chi connectivity index (χ3n) is 5.97. The SMILES string of the molecule is O=c1[nH]c2cc(NS(=O)(=O)c3ccccc3[N+](=O)[O-])c(N3CCN(c4ccccc4)CC3)cc2[nH]1. The quantitative estimate of drug-likeness (QED) is 0.276. The van der Waals surface area contributed by atoms with Gasteiger partial charge < -0.3 is 19.8 Å². The van der Waals surface area contributed by atoms with Crippen molar-refractivity contribution in [2.45, 2.75) is 4.90 Å². The van der Waals surface area contributed by atoms with Gasteiger partial charge in [0.05, 0.1) is 27.3 Å². The van der Waals surface area contributed by atoms with Crippen molar-refractivity contribution in [2.75, 3.05) is 40.7 Å². The Labute approximate surface area is 200 Å². The number of benzene rings is 3. The van der Waals surface area contributed by atoms with Crippen LogP contribution in [0.1, 0.15) is 0 Å². The molecule has 0 spiro atoms. The number of nitro benzene ring substituents is 1. The first-order chi connectivity index (χ1) is 16.8. The Morgan fingerprint density at radius 3 is 2.14 bits per heavy atom. The summed E-state index contributed by atoms with van der Waals surface area (Å²) in [6.45, 7) is 2.63. The molecule has 3 aromatic carbocycles. The fraction of sp³-hybridized carbons (Fsp3) is 0.174. The molecule has 0 aliphatic carbocycles. The molecule has 5 rings (SSSR count). The molecule has 3 N–H and O–H groups in total. The second-order valence-electron chi connectivity index (χ2n) is 8.13. The van der Waals surface area contributed by atoms with Gasteiger partial charge in [0.15, 0.2) is 4.90 Å². The molecule has 0 unspecified atom stereocenters. The zero-order valence-electron chi connectivity index (χ0n) is 18.5. The number of nitrogens with one attached hydrogen (secondary N) is 3. The molecular weight excluding hydrogens is 472 g/mol. The van der Waals surface area contributed by atoms with Crippen LogP contribution in [0.25, 0.3) is 11.0 Å².